The summed E-state index contributed by atoms with van der Waals surface area (Å²) < 4.78 is 13.2. The van der Waals surface area contributed by atoms with Crippen molar-refractivity contribution in [1.29, 1.82) is 0 Å². The maximum absolute atomic E-state index is 13.2. The van der Waals surface area contributed by atoms with Gasteiger partial charge in [-0.1, -0.05) is 24.3 Å². The zero-order valence-electron chi connectivity index (χ0n) is 18.8. The molecule has 0 spiro atoms. The Kier molecular flexibility index (Phi) is 11.1. The first kappa shape index (κ1) is 26.6. The molecule has 178 valence electrons. The lowest BCUT2D eigenvalue weighted by Gasteiger charge is -2.16. The van der Waals surface area contributed by atoms with Crippen LogP contribution >= 0.6 is 24.0 Å². The monoisotopic (exact) mass is 567 g/mol. The van der Waals surface area contributed by atoms with E-state index in [1.807, 2.05) is 36.1 Å². The molecule has 3 rings (SSSR count). The molecule has 33 heavy (non-hydrogen) atoms. The number of nitrogens with one attached hydrogen (secondary N) is 3. The molecule has 0 saturated carbocycles. The fourth-order valence-electron chi connectivity index (χ4n) is 3.49. The van der Waals surface area contributed by atoms with Gasteiger partial charge in [0, 0.05) is 38.3 Å². The second kappa shape index (κ2) is 13.8. The van der Waals surface area contributed by atoms with Crippen LogP contribution in [0.2, 0.25) is 0 Å². The van der Waals surface area contributed by atoms with Crippen molar-refractivity contribution >= 4 is 47.4 Å². The summed E-state index contributed by atoms with van der Waals surface area (Å²) in [5.74, 6) is 0.335. The van der Waals surface area contributed by atoms with E-state index in [0.717, 1.165) is 24.2 Å². The molecule has 1 aliphatic rings. The van der Waals surface area contributed by atoms with Crippen LogP contribution in [-0.4, -0.2) is 44.0 Å². The second-order valence-corrected chi connectivity index (χ2v) is 7.59. The van der Waals surface area contributed by atoms with Gasteiger partial charge in [0.25, 0.3) is 0 Å². The third-order valence-corrected chi connectivity index (χ3v) is 5.08. The van der Waals surface area contributed by atoms with Crippen LogP contribution in [0.15, 0.2) is 53.5 Å². The second-order valence-electron chi connectivity index (χ2n) is 7.59. The lowest BCUT2D eigenvalue weighted by molar-refractivity contribution is -0.120. The third kappa shape index (κ3) is 8.64. The Labute approximate surface area is 211 Å². The number of nitrogens with zero attached hydrogens (tertiary/aromatic N) is 2. The van der Waals surface area contributed by atoms with Gasteiger partial charge in [-0.15, -0.1) is 24.0 Å². The topological polar surface area (TPSA) is 85.8 Å². The highest BCUT2D eigenvalue weighted by molar-refractivity contribution is 14.0. The Bertz CT molecular complexity index is 952. The number of aliphatic imine (C=N–C) groups is 1. The molecular formula is C24H31FIN5O2. The molecule has 0 radical (unpaired) electrons. The predicted molar refractivity (Wildman–Crippen MR) is 139 cm³/mol. The fraction of sp³-hybridized carbons (Fsp3) is 0.375. The summed E-state index contributed by atoms with van der Waals surface area (Å²) in [5, 5.41) is 9.19. The molecule has 1 fully saturated rings. The van der Waals surface area contributed by atoms with E-state index in [0.29, 0.717) is 44.1 Å². The number of guanidine groups is 1. The van der Waals surface area contributed by atoms with E-state index in [9.17, 15) is 14.0 Å². The Morgan fingerprint density at radius 3 is 2.48 bits per heavy atom. The molecule has 1 aliphatic heterocycles. The van der Waals surface area contributed by atoms with Crippen molar-refractivity contribution in [3.63, 3.8) is 0 Å². The van der Waals surface area contributed by atoms with E-state index in [1.54, 1.807) is 12.1 Å². The lowest BCUT2D eigenvalue weighted by atomic mass is 10.1. The first-order valence-electron chi connectivity index (χ1n) is 11.0. The van der Waals surface area contributed by atoms with E-state index in [1.165, 1.54) is 12.1 Å². The zero-order chi connectivity index (χ0) is 22.8. The molecule has 1 saturated heterocycles. The summed E-state index contributed by atoms with van der Waals surface area (Å²) in [6.45, 7) is 4.92. The van der Waals surface area contributed by atoms with E-state index >= 15 is 0 Å². The molecule has 2 aromatic rings. The van der Waals surface area contributed by atoms with Crippen molar-refractivity contribution in [1.82, 2.24) is 16.0 Å². The molecule has 9 heteroatoms. The van der Waals surface area contributed by atoms with Crippen LogP contribution in [0.4, 0.5) is 10.1 Å². The lowest BCUT2D eigenvalue weighted by Crippen LogP contribution is -2.41. The minimum atomic E-state index is -0.345. The minimum Gasteiger partial charge on any atom is -0.357 e. The molecular weight excluding hydrogens is 536 g/mol. The van der Waals surface area contributed by atoms with Crippen molar-refractivity contribution in [2.24, 2.45) is 4.99 Å². The highest BCUT2D eigenvalue weighted by Crippen LogP contribution is 2.21. The van der Waals surface area contributed by atoms with E-state index < -0.39 is 0 Å². The summed E-state index contributed by atoms with van der Waals surface area (Å²) in [6, 6.07) is 13.9. The Morgan fingerprint density at radius 2 is 1.82 bits per heavy atom. The van der Waals surface area contributed by atoms with Gasteiger partial charge in [0.05, 0.1) is 13.0 Å². The molecule has 0 aromatic heterocycles. The SMILES string of the molecule is CCNC(=NCc1ccc(N2CCCC2=O)cc1)NCCNC(=O)Cc1cccc(F)c1.I. The average Bonchev–Trinajstić information content (AvgIpc) is 3.21. The Balaban J connectivity index is 0.00000385. The summed E-state index contributed by atoms with van der Waals surface area (Å²) in [7, 11) is 0. The van der Waals surface area contributed by atoms with Crippen LogP contribution in [0.3, 0.4) is 0 Å². The highest BCUT2D eigenvalue weighted by atomic mass is 127. The van der Waals surface area contributed by atoms with Crippen LogP contribution in [-0.2, 0) is 22.6 Å². The average molecular weight is 567 g/mol. The molecule has 3 N–H and O–H groups in total. The van der Waals surface area contributed by atoms with Crippen LogP contribution in [0.5, 0.6) is 0 Å². The summed E-state index contributed by atoms with van der Waals surface area (Å²) >= 11 is 0. The Morgan fingerprint density at radius 1 is 1.06 bits per heavy atom. The van der Waals surface area contributed by atoms with Crippen molar-refractivity contribution in [2.75, 3.05) is 31.1 Å². The highest BCUT2D eigenvalue weighted by Gasteiger charge is 2.21. The zero-order valence-corrected chi connectivity index (χ0v) is 21.1. The summed E-state index contributed by atoms with van der Waals surface area (Å²) in [4.78, 5) is 30.3. The van der Waals surface area contributed by atoms with Gasteiger partial charge in [0.2, 0.25) is 11.8 Å². The van der Waals surface area contributed by atoms with Gasteiger partial charge in [0.1, 0.15) is 5.82 Å². The maximum atomic E-state index is 13.2. The van der Waals surface area contributed by atoms with Crippen LogP contribution in [0, 0.1) is 5.82 Å². The van der Waals surface area contributed by atoms with Crippen LogP contribution in [0.1, 0.15) is 30.9 Å². The van der Waals surface area contributed by atoms with E-state index in [2.05, 4.69) is 20.9 Å². The molecule has 0 bridgehead atoms. The first-order valence-corrected chi connectivity index (χ1v) is 11.0. The number of hydrogen-bond acceptors (Lipinski definition) is 3. The quantitative estimate of drug-likeness (QED) is 0.188. The molecule has 0 unspecified atom stereocenters. The number of carbonyl (C=O) groups is 2. The third-order valence-electron chi connectivity index (χ3n) is 5.08. The number of hydrogen-bond donors (Lipinski definition) is 3. The van der Waals surface area contributed by atoms with Gasteiger partial charge in [0.15, 0.2) is 5.96 Å². The van der Waals surface area contributed by atoms with E-state index in [4.69, 9.17) is 0 Å². The van der Waals surface area contributed by atoms with Gasteiger partial charge < -0.3 is 20.9 Å². The molecule has 1 heterocycles. The predicted octanol–water partition coefficient (Wildman–Crippen LogP) is 2.98. The largest absolute Gasteiger partial charge is 0.357 e. The number of carbonyl (C=O) groups excluding carboxylic acids is 2. The van der Waals surface area contributed by atoms with Crippen LogP contribution in [0.25, 0.3) is 0 Å². The van der Waals surface area contributed by atoms with Gasteiger partial charge in [-0.05, 0) is 48.7 Å². The maximum Gasteiger partial charge on any atom is 0.227 e. The number of amides is 2. The van der Waals surface area contributed by atoms with E-state index in [-0.39, 0.29) is 48.0 Å². The van der Waals surface area contributed by atoms with Crippen molar-refractivity contribution in [3.8, 4) is 0 Å². The molecule has 0 aliphatic carbocycles. The summed E-state index contributed by atoms with van der Waals surface area (Å²) in [5.41, 5.74) is 2.62. The first-order chi connectivity index (χ1) is 15.5. The number of rotatable bonds is 9. The van der Waals surface area contributed by atoms with Crippen molar-refractivity contribution in [2.45, 2.75) is 32.7 Å². The number of benzene rings is 2. The number of halogens is 2. The molecule has 2 amide bonds. The van der Waals surface area contributed by atoms with Crippen molar-refractivity contribution < 1.29 is 14.0 Å². The van der Waals surface area contributed by atoms with Gasteiger partial charge in [-0.3, -0.25) is 9.59 Å². The fourth-order valence-corrected chi connectivity index (χ4v) is 3.49. The summed E-state index contributed by atoms with van der Waals surface area (Å²) in [6.07, 6.45) is 1.67. The van der Waals surface area contributed by atoms with Crippen molar-refractivity contribution in [3.05, 3.63) is 65.5 Å². The van der Waals surface area contributed by atoms with Gasteiger partial charge >= 0.3 is 0 Å². The Hall–Kier alpha value is -2.69. The van der Waals surface area contributed by atoms with Crippen LogP contribution < -0.4 is 20.9 Å². The smallest absolute Gasteiger partial charge is 0.227 e. The molecule has 2 aromatic carbocycles. The minimum absolute atomic E-state index is 0. The number of anilines is 1. The normalized spacial score (nSPS) is 13.5. The molecule has 0 atom stereocenters. The van der Waals surface area contributed by atoms with Gasteiger partial charge in [-0.25, -0.2) is 9.38 Å². The van der Waals surface area contributed by atoms with Gasteiger partial charge in [-0.2, -0.15) is 0 Å². The standard InChI is InChI=1S/C24H30FN5O2.HI/c1-2-26-24(28-13-12-27-22(31)16-19-5-3-6-20(25)15-19)29-17-18-8-10-21(11-9-18)30-14-4-7-23(30)32;/h3,5-6,8-11,15H,2,4,7,12-14,16-17H2,1H3,(H,27,31)(H2,26,28,29);1H. The molecule has 7 nitrogen and oxygen atoms in total.